The number of hydrogen-bond acceptors (Lipinski definition) is 4. The van der Waals surface area contributed by atoms with E-state index in [9.17, 15) is 0 Å². The summed E-state index contributed by atoms with van der Waals surface area (Å²) in [5, 5.41) is 0. The molecule has 0 radical (unpaired) electrons. The highest BCUT2D eigenvalue weighted by atomic mass is 28.4. The summed E-state index contributed by atoms with van der Waals surface area (Å²) in [6.45, 7) is 7.31. The van der Waals surface area contributed by atoms with Crippen molar-refractivity contribution >= 4 is 8.88 Å². The topological polar surface area (TPSA) is 42.5 Å². The summed E-state index contributed by atoms with van der Waals surface area (Å²) < 4.78 is 10.9. The van der Waals surface area contributed by atoms with E-state index in [0.29, 0.717) is 6.04 Å². The molecule has 0 saturated heterocycles. The summed E-state index contributed by atoms with van der Waals surface area (Å²) in [5.41, 5.74) is 0. The Labute approximate surface area is 88.8 Å². The van der Waals surface area contributed by atoms with Gasteiger partial charge in [-0.1, -0.05) is 20.8 Å². The first-order valence-corrected chi connectivity index (χ1v) is 7.08. The summed E-state index contributed by atoms with van der Waals surface area (Å²) in [5.74, 6) is 0. The quantitative estimate of drug-likeness (QED) is 0.601. The highest BCUT2D eigenvalue weighted by Gasteiger charge is 2.37. The van der Waals surface area contributed by atoms with Crippen molar-refractivity contribution in [2.45, 2.75) is 39.7 Å². The minimum atomic E-state index is -2.35. The Morgan fingerprint density at radius 2 is 1.79 bits per heavy atom. The van der Waals surface area contributed by atoms with Gasteiger partial charge in [0.25, 0.3) is 0 Å². The van der Waals surface area contributed by atoms with Crippen LogP contribution in [0.1, 0.15) is 33.6 Å². The molecule has 4 nitrogen and oxygen atoms in total. The predicted molar refractivity (Wildman–Crippen MR) is 61.0 cm³/mol. The Morgan fingerprint density at radius 3 is 2.14 bits per heavy atom. The maximum Gasteiger partial charge on any atom is 0.516 e. The third kappa shape index (κ3) is 4.52. The van der Waals surface area contributed by atoms with Gasteiger partial charge in [-0.3, -0.25) is 9.96 Å². The van der Waals surface area contributed by atoms with Crippen LogP contribution in [-0.4, -0.2) is 35.7 Å². The highest BCUT2D eigenvalue weighted by molar-refractivity contribution is 6.62. The largest absolute Gasteiger partial charge is 0.516 e. The fourth-order valence-electron chi connectivity index (χ4n) is 1.11. The molecule has 0 aliphatic carbocycles. The van der Waals surface area contributed by atoms with Crippen molar-refractivity contribution in [1.29, 1.82) is 0 Å². The summed E-state index contributed by atoms with van der Waals surface area (Å²) in [6, 6.07) is 0.408. The first-order valence-electron chi connectivity index (χ1n) is 5.27. The number of hydrogen-bond donors (Lipinski definition) is 2. The maximum atomic E-state index is 5.46. The average Bonchev–Trinajstić information content (AvgIpc) is 2.24. The van der Waals surface area contributed by atoms with Gasteiger partial charge in [0.2, 0.25) is 0 Å². The van der Waals surface area contributed by atoms with Gasteiger partial charge in [0.15, 0.2) is 0 Å². The second kappa shape index (κ2) is 7.36. The molecule has 5 heteroatoms. The van der Waals surface area contributed by atoms with Gasteiger partial charge in [0, 0.05) is 20.3 Å². The van der Waals surface area contributed by atoms with Crippen LogP contribution in [0.15, 0.2) is 0 Å². The minimum Gasteiger partial charge on any atom is -0.374 e. The first kappa shape index (κ1) is 14.1. The molecule has 0 aromatic heterocycles. The Hall–Kier alpha value is 0.0569. The summed E-state index contributed by atoms with van der Waals surface area (Å²) >= 11 is 0. The Bertz CT molecular complexity index is 143. The molecule has 0 saturated carbocycles. The molecule has 0 fully saturated rings. The van der Waals surface area contributed by atoms with Crippen LogP contribution in [0.2, 0.25) is 0 Å². The first-order chi connectivity index (χ1) is 6.64. The fourth-order valence-corrected chi connectivity index (χ4v) is 3.34. The molecule has 1 atom stereocenters. The predicted octanol–water partition coefficient (Wildman–Crippen LogP) is 1.10. The highest BCUT2D eigenvalue weighted by Crippen LogP contribution is 2.00. The molecule has 86 valence electrons. The van der Waals surface area contributed by atoms with E-state index in [2.05, 4.69) is 30.7 Å². The number of rotatable bonds is 8. The Morgan fingerprint density at radius 1 is 1.21 bits per heavy atom. The zero-order chi connectivity index (χ0) is 11.0. The van der Waals surface area contributed by atoms with Gasteiger partial charge in [0.05, 0.1) is 0 Å². The van der Waals surface area contributed by atoms with Crippen LogP contribution in [0.25, 0.3) is 0 Å². The van der Waals surface area contributed by atoms with E-state index in [-0.39, 0.29) is 0 Å². The molecule has 14 heavy (non-hydrogen) atoms. The zero-order valence-corrected chi connectivity index (χ0v) is 11.0. The van der Waals surface area contributed by atoms with Crippen molar-refractivity contribution in [3.8, 4) is 0 Å². The van der Waals surface area contributed by atoms with Gasteiger partial charge in [0.1, 0.15) is 0 Å². The van der Waals surface area contributed by atoms with Crippen molar-refractivity contribution < 1.29 is 8.85 Å². The van der Waals surface area contributed by atoms with E-state index in [1.807, 2.05) is 0 Å². The molecule has 0 aliphatic heterocycles. The summed E-state index contributed by atoms with van der Waals surface area (Å²) in [7, 11) is 1.03. The summed E-state index contributed by atoms with van der Waals surface area (Å²) in [4.78, 5) is 6.73. The van der Waals surface area contributed by atoms with Crippen molar-refractivity contribution in [2.24, 2.45) is 0 Å². The lowest BCUT2D eigenvalue weighted by Gasteiger charge is -2.30. The molecule has 0 amide bonds. The van der Waals surface area contributed by atoms with Crippen LogP contribution in [0.5, 0.6) is 0 Å². The summed E-state index contributed by atoms with van der Waals surface area (Å²) in [6.07, 6.45) is 2.14. The van der Waals surface area contributed by atoms with Crippen molar-refractivity contribution in [3.05, 3.63) is 0 Å². The van der Waals surface area contributed by atoms with Crippen molar-refractivity contribution in [1.82, 2.24) is 9.96 Å². The average molecular weight is 220 g/mol. The Balaban J connectivity index is 4.20. The molecule has 0 heterocycles. The van der Waals surface area contributed by atoms with Crippen molar-refractivity contribution in [3.63, 3.8) is 0 Å². The second-order valence-electron chi connectivity index (χ2n) is 3.41. The van der Waals surface area contributed by atoms with E-state index in [1.54, 1.807) is 14.2 Å². The van der Waals surface area contributed by atoms with Crippen LogP contribution in [0.3, 0.4) is 0 Å². The molecular formula is C9H24N2O2Si. The standard InChI is InChI=1S/C9H24N2O2Si/c1-6-8-10-14(12-4,13-5)11-9(3)7-2/h9-11H,6-8H2,1-5H3. The monoisotopic (exact) mass is 220 g/mol. The molecule has 1 unspecified atom stereocenters. The molecular weight excluding hydrogens is 196 g/mol. The van der Waals surface area contributed by atoms with Gasteiger partial charge in [-0.15, -0.1) is 0 Å². The van der Waals surface area contributed by atoms with E-state index in [0.717, 1.165) is 19.4 Å². The van der Waals surface area contributed by atoms with Gasteiger partial charge < -0.3 is 8.85 Å². The smallest absolute Gasteiger partial charge is 0.374 e. The van der Waals surface area contributed by atoms with Crippen LogP contribution < -0.4 is 9.96 Å². The van der Waals surface area contributed by atoms with Crippen LogP contribution >= 0.6 is 0 Å². The van der Waals surface area contributed by atoms with Gasteiger partial charge in [-0.05, 0) is 19.4 Å². The molecule has 0 aromatic rings. The van der Waals surface area contributed by atoms with Crippen LogP contribution in [-0.2, 0) is 8.85 Å². The van der Waals surface area contributed by atoms with Crippen LogP contribution in [0, 0.1) is 0 Å². The van der Waals surface area contributed by atoms with Gasteiger partial charge in [-0.25, -0.2) is 0 Å². The third-order valence-corrected chi connectivity index (χ3v) is 4.97. The van der Waals surface area contributed by atoms with E-state index >= 15 is 0 Å². The van der Waals surface area contributed by atoms with Gasteiger partial charge >= 0.3 is 8.88 Å². The molecule has 0 spiro atoms. The normalized spacial score (nSPS) is 14.4. The fraction of sp³-hybridized carbons (Fsp3) is 1.00. The molecule has 0 bridgehead atoms. The lowest BCUT2D eigenvalue weighted by Crippen LogP contribution is -2.68. The molecule has 0 aliphatic rings. The SMILES string of the molecule is CCCN[Si](NC(C)CC)(OC)OC. The third-order valence-electron chi connectivity index (χ3n) is 2.23. The number of nitrogens with one attached hydrogen (secondary N) is 2. The molecule has 0 aromatic carbocycles. The van der Waals surface area contributed by atoms with E-state index in [4.69, 9.17) is 8.85 Å². The molecule has 0 rings (SSSR count). The second-order valence-corrected chi connectivity index (χ2v) is 6.10. The zero-order valence-electron chi connectivity index (χ0n) is 10.0. The van der Waals surface area contributed by atoms with E-state index < -0.39 is 8.88 Å². The minimum absolute atomic E-state index is 0.408. The lowest BCUT2D eigenvalue weighted by molar-refractivity contribution is 0.207. The van der Waals surface area contributed by atoms with Gasteiger partial charge in [-0.2, -0.15) is 0 Å². The van der Waals surface area contributed by atoms with Crippen LogP contribution in [0.4, 0.5) is 0 Å². The lowest BCUT2D eigenvalue weighted by atomic mass is 10.3. The maximum absolute atomic E-state index is 5.46. The Kier molecular flexibility index (Phi) is 7.39. The molecule has 2 N–H and O–H groups in total. The van der Waals surface area contributed by atoms with Crippen molar-refractivity contribution in [2.75, 3.05) is 20.8 Å². The van der Waals surface area contributed by atoms with E-state index in [1.165, 1.54) is 0 Å².